The lowest BCUT2D eigenvalue weighted by atomic mass is 9.99. The first kappa shape index (κ1) is 26.6. The number of amides is 1. The van der Waals surface area contributed by atoms with Gasteiger partial charge in [0.25, 0.3) is 0 Å². The van der Waals surface area contributed by atoms with Crippen molar-refractivity contribution >= 4 is 34.0 Å². The normalized spacial score (nSPS) is 24.1. The Kier molecular flexibility index (Phi) is 7.83. The van der Waals surface area contributed by atoms with Crippen LogP contribution in [0, 0.1) is 23.2 Å². The van der Waals surface area contributed by atoms with Crippen molar-refractivity contribution in [2.45, 2.75) is 37.7 Å². The number of benzene rings is 1. The number of hydrogen-bond acceptors (Lipinski definition) is 5. The van der Waals surface area contributed by atoms with Crippen molar-refractivity contribution in [3.63, 3.8) is 0 Å². The van der Waals surface area contributed by atoms with Gasteiger partial charge in [0.15, 0.2) is 0 Å². The van der Waals surface area contributed by atoms with E-state index < -0.39 is 24.0 Å². The van der Waals surface area contributed by atoms with E-state index in [0.717, 1.165) is 0 Å². The van der Waals surface area contributed by atoms with Gasteiger partial charge in [-0.15, -0.1) is 0 Å². The SMILES string of the molecule is C=C(c1nc(/C=C/CNC(=O)[C@H]2C[C@@H]2CC#N)cc2c(N[C@@H]3CCN(C)C[C@@H]3F)cccc12)C(F)(F)F. The monoisotopic (exact) mass is 515 g/mol. The molecule has 0 radical (unpaired) electrons. The summed E-state index contributed by atoms with van der Waals surface area (Å²) in [5.74, 6) is -0.222. The molecule has 0 unspecified atom stereocenters. The first-order chi connectivity index (χ1) is 17.6. The van der Waals surface area contributed by atoms with Crippen molar-refractivity contribution in [3.8, 4) is 6.07 Å². The average Bonchev–Trinajstić information content (AvgIpc) is 3.62. The van der Waals surface area contributed by atoms with E-state index in [1.165, 1.54) is 6.08 Å². The third-order valence-electron chi connectivity index (χ3n) is 6.90. The Balaban J connectivity index is 1.59. The summed E-state index contributed by atoms with van der Waals surface area (Å²) in [7, 11) is 1.85. The molecule has 1 amide bonds. The first-order valence-corrected chi connectivity index (χ1v) is 12.2. The highest BCUT2D eigenvalue weighted by molar-refractivity contribution is 6.00. The number of piperidine rings is 1. The van der Waals surface area contributed by atoms with Gasteiger partial charge in [-0.1, -0.05) is 24.8 Å². The lowest BCUT2D eigenvalue weighted by Crippen LogP contribution is -2.46. The number of nitriles is 1. The minimum absolute atomic E-state index is 0.0893. The fourth-order valence-electron chi connectivity index (χ4n) is 4.67. The number of halogens is 4. The molecule has 2 aliphatic rings. The number of carbonyl (C=O) groups excluding carboxylic acids is 1. The van der Waals surface area contributed by atoms with Crippen LogP contribution in [-0.4, -0.2) is 60.9 Å². The van der Waals surface area contributed by atoms with Crippen LogP contribution >= 0.6 is 0 Å². The van der Waals surface area contributed by atoms with Gasteiger partial charge in [0, 0.05) is 48.4 Å². The molecule has 2 N–H and O–H groups in total. The van der Waals surface area contributed by atoms with E-state index in [1.807, 2.05) is 11.9 Å². The Labute approximate surface area is 213 Å². The minimum Gasteiger partial charge on any atom is -0.379 e. The van der Waals surface area contributed by atoms with Gasteiger partial charge in [0.1, 0.15) is 6.17 Å². The number of rotatable bonds is 8. The highest BCUT2D eigenvalue weighted by Gasteiger charge is 2.42. The summed E-state index contributed by atoms with van der Waals surface area (Å²) in [5.41, 5.74) is -0.591. The number of nitrogens with zero attached hydrogens (tertiary/aromatic N) is 3. The molecule has 1 aliphatic heterocycles. The number of allylic oxidation sites excluding steroid dienone is 1. The van der Waals surface area contributed by atoms with Crippen LogP contribution in [0.4, 0.5) is 23.2 Å². The maximum absolute atomic E-state index is 14.7. The maximum Gasteiger partial charge on any atom is 0.417 e. The Morgan fingerprint density at radius 3 is 2.84 bits per heavy atom. The van der Waals surface area contributed by atoms with Crippen LogP contribution in [0.15, 0.2) is 36.9 Å². The van der Waals surface area contributed by atoms with Crippen LogP contribution in [-0.2, 0) is 4.79 Å². The van der Waals surface area contributed by atoms with Gasteiger partial charge in [-0.2, -0.15) is 18.4 Å². The largest absolute Gasteiger partial charge is 0.417 e. The van der Waals surface area contributed by atoms with Gasteiger partial charge in [0.2, 0.25) is 5.91 Å². The molecule has 1 saturated carbocycles. The number of nitrogens with one attached hydrogen (secondary N) is 2. The second-order valence-electron chi connectivity index (χ2n) is 9.70. The molecule has 2 heterocycles. The highest BCUT2D eigenvalue weighted by atomic mass is 19.4. The van der Waals surface area contributed by atoms with Crippen molar-refractivity contribution in [1.29, 1.82) is 5.26 Å². The summed E-state index contributed by atoms with van der Waals surface area (Å²) < 4.78 is 55.6. The lowest BCUT2D eigenvalue weighted by molar-refractivity contribution is -0.122. The first-order valence-electron chi connectivity index (χ1n) is 12.2. The Morgan fingerprint density at radius 2 is 2.14 bits per heavy atom. The molecular formula is C27H29F4N5O. The molecular weight excluding hydrogens is 486 g/mol. The van der Waals surface area contributed by atoms with Gasteiger partial charge in [-0.05, 0) is 44.0 Å². The summed E-state index contributed by atoms with van der Waals surface area (Å²) in [6.45, 7) is 4.40. The predicted molar refractivity (Wildman–Crippen MR) is 135 cm³/mol. The summed E-state index contributed by atoms with van der Waals surface area (Å²) in [4.78, 5) is 18.3. The standard InChI is InChI=1S/C27H29F4N5O/c1-16(27(29,30)31)25-19-6-3-7-23(35-24-9-12-36(2)15-22(24)28)21(19)14-18(34-25)5-4-11-33-26(37)20-13-17(20)8-10-32/h3-7,14,17,20,22,24,35H,1,8-9,11-13,15H2,2H3,(H,33,37)/b5-4+/t17-,20-,22-,24+/m0/s1. The van der Waals surface area contributed by atoms with Crippen LogP contribution in [0.1, 0.15) is 30.7 Å². The Hall–Kier alpha value is -3.45. The number of aromatic nitrogens is 1. The zero-order chi connectivity index (χ0) is 26.7. The molecule has 0 bridgehead atoms. The molecule has 1 aromatic heterocycles. The smallest absolute Gasteiger partial charge is 0.379 e. The third-order valence-corrected chi connectivity index (χ3v) is 6.90. The van der Waals surface area contributed by atoms with Gasteiger partial charge in [-0.3, -0.25) is 4.79 Å². The topological polar surface area (TPSA) is 81.0 Å². The van der Waals surface area contributed by atoms with Crippen molar-refractivity contribution in [2.24, 2.45) is 11.8 Å². The van der Waals surface area contributed by atoms with Gasteiger partial charge < -0.3 is 15.5 Å². The van der Waals surface area contributed by atoms with E-state index in [0.29, 0.717) is 36.9 Å². The minimum atomic E-state index is -4.68. The molecule has 1 aliphatic carbocycles. The Morgan fingerprint density at radius 1 is 1.35 bits per heavy atom. The molecule has 196 valence electrons. The van der Waals surface area contributed by atoms with Gasteiger partial charge in [-0.25, -0.2) is 9.37 Å². The zero-order valence-corrected chi connectivity index (χ0v) is 20.5. The quantitative estimate of drug-likeness (QED) is 0.487. The Bertz CT molecular complexity index is 1250. The number of fused-ring (bicyclic) bond motifs is 1. The van der Waals surface area contributed by atoms with E-state index in [-0.39, 0.29) is 47.6 Å². The van der Waals surface area contributed by atoms with Crippen molar-refractivity contribution in [2.75, 3.05) is 32.0 Å². The number of hydrogen-bond donors (Lipinski definition) is 2. The molecule has 2 aromatic rings. The highest BCUT2D eigenvalue weighted by Crippen LogP contribution is 2.41. The third kappa shape index (κ3) is 6.28. The summed E-state index contributed by atoms with van der Waals surface area (Å²) in [5, 5.41) is 15.4. The van der Waals surface area contributed by atoms with Crippen molar-refractivity contribution < 1.29 is 22.4 Å². The molecule has 1 aromatic carbocycles. The fourth-order valence-corrected chi connectivity index (χ4v) is 4.67. The van der Waals surface area contributed by atoms with E-state index in [9.17, 15) is 22.4 Å². The molecule has 6 nitrogen and oxygen atoms in total. The van der Waals surface area contributed by atoms with Gasteiger partial charge in [0.05, 0.1) is 29.1 Å². The molecule has 1 saturated heterocycles. The lowest BCUT2D eigenvalue weighted by Gasteiger charge is -2.33. The van der Waals surface area contributed by atoms with Gasteiger partial charge >= 0.3 is 6.18 Å². The molecule has 4 rings (SSSR count). The molecule has 0 spiro atoms. The number of pyridine rings is 1. The van der Waals surface area contributed by atoms with Crippen LogP contribution in [0.3, 0.4) is 0 Å². The van der Waals surface area contributed by atoms with E-state index in [1.54, 1.807) is 30.3 Å². The van der Waals surface area contributed by atoms with Crippen molar-refractivity contribution in [1.82, 2.24) is 15.2 Å². The summed E-state index contributed by atoms with van der Waals surface area (Å²) >= 11 is 0. The predicted octanol–water partition coefficient (Wildman–Crippen LogP) is 4.94. The fraction of sp³-hybridized carbons (Fsp3) is 0.444. The number of carbonyl (C=O) groups is 1. The van der Waals surface area contributed by atoms with Crippen LogP contribution in [0.5, 0.6) is 0 Å². The van der Waals surface area contributed by atoms with E-state index in [2.05, 4.69) is 28.3 Å². The van der Waals surface area contributed by atoms with Crippen molar-refractivity contribution in [3.05, 3.63) is 48.3 Å². The molecule has 37 heavy (non-hydrogen) atoms. The van der Waals surface area contributed by atoms with Crippen LogP contribution in [0.2, 0.25) is 0 Å². The molecule has 4 atom stereocenters. The van der Waals surface area contributed by atoms with Crippen LogP contribution < -0.4 is 10.6 Å². The second-order valence-corrected chi connectivity index (χ2v) is 9.70. The van der Waals surface area contributed by atoms with Crippen LogP contribution in [0.25, 0.3) is 22.4 Å². The summed E-state index contributed by atoms with van der Waals surface area (Å²) in [6.07, 6.45) is -1.06. The summed E-state index contributed by atoms with van der Waals surface area (Å²) in [6, 6.07) is 8.12. The maximum atomic E-state index is 14.7. The van der Waals surface area contributed by atoms with E-state index >= 15 is 0 Å². The zero-order valence-electron chi connectivity index (χ0n) is 20.5. The second kappa shape index (κ2) is 10.9. The molecule has 2 fully saturated rings. The molecule has 10 heteroatoms. The average molecular weight is 516 g/mol. The number of alkyl halides is 4. The number of anilines is 1. The van der Waals surface area contributed by atoms with E-state index in [4.69, 9.17) is 5.26 Å². The number of likely N-dealkylation sites (tertiary alicyclic amines) is 1.